The van der Waals surface area contributed by atoms with Crippen molar-refractivity contribution in [2.45, 2.75) is 27.2 Å². The highest BCUT2D eigenvalue weighted by Crippen LogP contribution is 2.28. The molecule has 2 aromatic rings. The predicted molar refractivity (Wildman–Crippen MR) is 101 cm³/mol. The molecule has 3 rings (SSSR count). The van der Waals surface area contributed by atoms with Crippen molar-refractivity contribution in [1.29, 1.82) is 0 Å². The average molecular weight is 357 g/mol. The van der Waals surface area contributed by atoms with E-state index in [1.165, 1.54) is 5.56 Å². The molecule has 1 aliphatic heterocycles. The van der Waals surface area contributed by atoms with Gasteiger partial charge in [-0.25, -0.2) is 0 Å². The third-order valence-electron chi connectivity index (χ3n) is 4.74. The summed E-state index contributed by atoms with van der Waals surface area (Å²) in [6.07, 6.45) is 0.228. The van der Waals surface area contributed by atoms with E-state index in [2.05, 4.69) is 5.32 Å². The number of hydrogen-bond acceptors (Lipinski definition) is 2. The minimum Gasteiger partial charge on any atom is -0.326 e. The lowest BCUT2D eigenvalue weighted by Crippen LogP contribution is -2.28. The minimum absolute atomic E-state index is 0.0174. The summed E-state index contributed by atoms with van der Waals surface area (Å²) in [7, 11) is 0. The van der Waals surface area contributed by atoms with Crippen LogP contribution in [0.1, 0.15) is 23.1 Å². The van der Waals surface area contributed by atoms with Gasteiger partial charge in [0.1, 0.15) is 0 Å². The van der Waals surface area contributed by atoms with E-state index in [9.17, 15) is 9.59 Å². The van der Waals surface area contributed by atoms with E-state index in [-0.39, 0.29) is 24.2 Å². The summed E-state index contributed by atoms with van der Waals surface area (Å²) in [5, 5.41) is 3.55. The molecule has 0 saturated carbocycles. The fraction of sp³-hybridized carbons (Fsp3) is 0.300. The monoisotopic (exact) mass is 356 g/mol. The van der Waals surface area contributed by atoms with Gasteiger partial charge in [-0.3, -0.25) is 9.59 Å². The second-order valence-electron chi connectivity index (χ2n) is 6.62. The molecule has 0 aromatic heterocycles. The van der Waals surface area contributed by atoms with Crippen LogP contribution in [0.3, 0.4) is 0 Å². The molecule has 0 radical (unpaired) electrons. The first-order chi connectivity index (χ1) is 11.8. The maximum absolute atomic E-state index is 12.6. The van der Waals surface area contributed by atoms with E-state index in [1.54, 1.807) is 23.1 Å². The number of halogens is 1. The summed E-state index contributed by atoms with van der Waals surface area (Å²) in [5.41, 5.74) is 4.80. The molecule has 2 aromatic carbocycles. The van der Waals surface area contributed by atoms with Crippen LogP contribution in [0.2, 0.25) is 5.02 Å². The van der Waals surface area contributed by atoms with Gasteiger partial charge in [-0.1, -0.05) is 17.7 Å². The normalized spacial score (nSPS) is 17.0. The Hall–Kier alpha value is -2.33. The zero-order chi connectivity index (χ0) is 18.1. The summed E-state index contributed by atoms with van der Waals surface area (Å²) < 4.78 is 0. The molecule has 0 aliphatic carbocycles. The lowest BCUT2D eigenvalue weighted by Gasteiger charge is -2.18. The Morgan fingerprint density at radius 3 is 2.52 bits per heavy atom. The number of anilines is 2. The van der Waals surface area contributed by atoms with Crippen LogP contribution < -0.4 is 10.2 Å². The highest BCUT2D eigenvalue weighted by atomic mass is 35.5. The third-order valence-corrected chi connectivity index (χ3v) is 4.98. The van der Waals surface area contributed by atoms with Crippen molar-refractivity contribution < 1.29 is 9.59 Å². The van der Waals surface area contributed by atoms with Crippen LogP contribution in [0.15, 0.2) is 36.4 Å². The first-order valence-corrected chi connectivity index (χ1v) is 8.67. The standard InChI is InChI=1S/C20H21ClN2O2/c1-12-4-6-17(9-13(12)2)23-11-15(10-19(23)24)20(25)22-18-7-5-16(21)8-14(18)3/h4-9,15H,10-11H2,1-3H3,(H,22,25). The number of rotatable bonds is 3. The van der Waals surface area contributed by atoms with E-state index in [1.807, 2.05) is 39.0 Å². The van der Waals surface area contributed by atoms with Crippen LogP contribution in [-0.2, 0) is 9.59 Å². The molecule has 1 fully saturated rings. The molecule has 1 saturated heterocycles. The van der Waals surface area contributed by atoms with Crippen LogP contribution in [-0.4, -0.2) is 18.4 Å². The molecule has 1 unspecified atom stereocenters. The summed E-state index contributed by atoms with van der Waals surface area (Å²) in [6.45, 7) is 6.35. The number of nitrogens with one attached hydrogen (secondary N) is 1. The van der Waals surface area contributed by atoms with Gasteiger partial charge in [0.25, 0.3) is 0 Å². The van der Waals surface area contributed by atoms with Crippen LogP contribution in [0.4, 0.5) is 11.4 Å². The van der Waals surface area contributed by atoms with E-state index >= 15 is 0 Å². The Balaban J connectivity index is 1.73. The molecule has 1 aliphatic rings. The summed E-state index contributed by atoms with van der Waals surface area (Å²) in [6, 6.07) is 11.3. The summed E-state index contributed by atoms with van der Waals surface area (Å²) >= 11 is 5.95. The zero-order valence-corrected chi connectivity index (χ0v) is 15.4. The quantitative estimate of drug-likeness (QED) is 0.893. The van der Waals surface area contributed by atoms with Gasteiger partial charge in [-0.2, -0.15) is 0 Å². The Bertz CT molecular complexity index is 848. The molecule has 1 heterocycles. The first-order valence-electron chi connectivity index (χ1n) is 8.30. The van der Waals surface area contributed by atoms with Crippen molar-refractivity contribution in [2.24, 2.45) is 5.92 Å². The first kappa shape index (κ1) is 17.5. The highest BCUT2D eigenvalue weighted by Gasteiger charge is 2.35. The average Bonchev–Trinajstić information content (AvgIpc) is 2.95. The van der Waals surface area contributed by atoms with Crippen molar-refractivity contribution in [1.82, 2.24) is 0 Å². The van der Waals surface area contributed by atoms with Gasteiger partial charge in [-0.15, -0.1) is 0 Å². The molecular formula is C20H21ClN2O2. The summed E-state index contributed by atoms with van der Waals surface area (Å²) in [4.78, 5) is 26.7. The van der Waals surface area contributed by atoms with Crippen LogP contribution in [0, 0.1) is 26.7 Å². The SMILES string of the molecule is Cc1ccc(N2CC(C(=O)Nc3ccc(Cl)cc3C)CC2=O)cc1C. The Morgan fingerprint density at radius 2 is 1.84 bits per heavy atom. The lowest BCUT2D eigenvalue weighted by atomic mass is 10.1. The van der Waals surface area contributed by atoms with Crippen LogP contribution in [0.5, 0.6) is 0 Å². The van der Waals surface area contributed by atoms with Gasteiger partial charge < -0.3 is 10.2 Å². The van der Waals surface area contributed by atoms with Crippen molar-refractivity contribution >= 4 is 34.8 Å². The second kappa shape index (κ2) is 6.89. The van der Waals surface area contributed by atoms with E-state index in [0.717, 1.165) is 22.5 Å². The largest absolute Gasteiger partial charge is 0.326 e. The number of nitrogens with zero attached hydrogens (tertiary/aromatic N) is 1. The Morgan fingerprint density at radius 1 is 1.08 bits per heavy atom. The molecule has 1 N–H and O–H groups in total. The zero-order valence-electron chi connectivity index (χ0n) is 14.6. The second-order valence-corrected chi connectivity index (χ2v) is 7.06. The Kier molecular flexibility index (Phi) is 4.82. The van der Waals surface area contributed by atoms with Crippen molar-refractivity contribution in [3.63, 3.8) is 0 Å². The molecule has 5 heteroatoms. The van der Waals surface area contributed by atoms with Gasteiger partial charge in [-0.05, 0) is 67.8 Å². The summed E-state index contributed by atoms with van der Waals surface area (Å²) in [5.74, 6) is -0.509. The topological polar surface area (TPSA) is 49.4 Å². The molecule has 130 valence electrons. The van der Waals surface area contributed by atoms with Crippen molar-refractivity contribution in [3.05, 3.63) is 58.1 Å². The minimum atomic E-state index is -0.357. The van der Waals surface area contributed by atoms with Gasteiger partial charge in [0, 0.05) is 29.4 Å². The number of hydrogen-bond donors (Lipinski definition) is 1. The maximum atomic E-state index is 12.6. The van der Waals surface area contributed by atoms with E-state index in [0.29, 0.717) is 11.6 Å². The number of amides is 2. The van der Waals surface area contributed by atoms with E-state index in [4.69, 9.17) is 11.6 Å². The molecular weight excluding hydrogens is 336 g/mol. The molecule has 4 nitrogen and oxygen atoms in total. The molecule has 1 atom stereocenters. The number of benzene rings is 2. The molecule has 0 bridgehead atoms. The molecule has 25 heavy (non-hydrogen) atoms. The maximum Gasteiger partial charge on any atom is 0.229 e. The third kappa shape index (κ3) is 3.69. The van der Waals surface area contributed by atoms with Crippen molar-refractivity contribution in [2.75, 3.05) is 16.8 Å². The fourth-order valence-corrected chi connectivity index (χ4v) is 3.26. The fourth-order valence-electron chi connectivity index (χ4n) is 3.03. The lowest BCUT2D eigenvalue weighted by molar-refractivity contribution is -0.122. The number of aryl methyl sites for hydroxylation is 3. The Labute approximate surface area is 152 Å². The number of carbonyl (C=O) groups excluding carboxylic acids is 2. The highest BCUT2D eigenvalue weighted by molar-refractivity contribution is 6.30. The van der Waals surface area contributed by atoms with Crippen LogP contribution in [0.25, 0.3) is 0 Å². The molecule has 0 spiro atoms. The van der Waals surface area contributed by atoms with Gasteiger partial charge in [0.2, 0.25) is 11.8 Å². The van der Waals surface area contributed by atoms with Crippen molar-refractivity contribution in [3.8, 4) is 0 Å². The van der Waals surface area contributed by atoms with Gasteiger partial charge >= 0.3 is 0 Å². The molecule has 2 amide bonds. The van der Waals surface area contributed by atoms with Gasteiger partial charge in [0.05, 0.1) is 5.92 Å². The smallest absolute Gasteiger partial charge is 0.229 e. The predicted octanol–water partition coefficient (Wildman–Crippen LogP) is 4.26. The number of carbonyl (C=O) groups is 2. The van der Waals surface area contributed by atoms with Crippen LogP contribution >= 0.6 is 11.6 Å². The van der Waals surface area contributed by atoms with E-state index < -0.39 is 0 Å². The van der Waals surface area contributed by atoms with Gasteiger partial charge in [0.15, 0.2) is 0 Å².